The van der Waals surface area contributed by atoms with Crippen molar-refractivity contribution in [3.63, 3.8) is 0 Å². The van der Waals surface area contributed by atoms with E-state index in [1.54, 1.807) is 0 Å². The predicted molar refractivity (Wildman–Crippen MR) is 49.5 cm³/mol. The maximum Gasteiger partial charge on any atom is -0.0206 e. The van der Waals surface area contributed by atoms with E-state index < -0.39 is 0 Å². The molecule has 0 aromatic rings. The van der Waals surface area contributed by atoms with Crippen molar-refractivity contribution in [2.24, 2.45) is 0 Å². The van der Waals surface area contributed by atoms with Crippen LogP contribution in [0.25, 0.3) is 0 Å². The van der Waals surface area contributed by atoms with E-state index in [1.807, 2.05) is 6.08 Å². The summed E-state index contributed by atoms with van der Waals surface area (Å²) in [5.74, 6) is 0. The Morgan fingerprint density at radius 2 is 1.73 bits per heavy atom. The average Bonchev–Trinajstić information content (AvgIpc) is 2.08. The van der Waals surface area contributed by atoms with Gasteiger partial charge in [0.2, 0.25) is 0 Å². The third-order valence-corrected chi connectivity index (χ3v) is 1.92. The van der Waals surface area contributed by atoms with Crippen molar-refractivity contribution in [2.45, 2.75) is 38.5 Å². The van der Waals surface area contributed by atoms with Crippen molar-refractivity contribution in [3.8, 4) is 0 Å². The summed E-state index contributed by atoms with van der Waals surface area (Å²) in [5.41, 5.74) is 3.15. The van der Waals surface area contributed by atoms with Gasteiger partial charge in [0, 0.05) is 0 Å². The molecule has 0 aliphatic heterocycles. The molecule has 0 fully saturated rings. The molecule has 0 aromatic heterocycles. The second kappa shape index (κ2) is 6.00. The minimum absolute atomic E-state index is 1.20. The van der Waals surface area contributed by atoms with Crippen LogP contribution < -0.4 is 0 Å². The van der Waals surface area contributed by atoms with E-state index in [1.165, 1.54) is 38.5 Å². The van der Waals surface area contributed by atoms with Crippen LogP contribution in [-0.4, -0.2) is 0 Å². The molecular formula is C11H16. The summed E-state index contributed by atoms with van der Waals surface area (Å²) in [5, 5.41) is 0. The largest absolute Gasteiger partial charge is 0.125 e. The zero-order valence-electron chi connectivity index (χ0n) is 7.05. The van der Waals surface area contributed by atoms with Gasteiger partial charge in [0.05, 0.1) is 0 Å². The van der Waals surface area contributed by atoms with E-state index in [9.17, 15) is 0 Å². The van der Waals surface area contributed by atoms with Crippen LogP contribution in [0, 0.1) is 0 Å². The zero-order chi connectivity index (χ0) is 7.78. The molecule has 1 rings (SSSR count). The van der Waals surface area contributed by atoms with E-state index in [0.717, 1.165) is 0 Å². The highest BCUT2D eigenvalue weighted by Crippen LogP contribution is 2.06. The Bertz CT molecular complexity index is 168. The second-order valence-corrected chi connectivity index (χ2v) is 2.96. The smallest absolute Gasteiger partial charge is 0.0206 e. The van der Waals surface area contributed by atoms with Crippen LogP contribution in [0.1, 0.15) is 38.5 Å². The minimum atomic E-state index is 1.20. The third-order valence-electron chi connectivity index (χ3n) is 1.92. The summed E-state index contributed by atoms with van der Waals surface area (Å²) in [6.45, 7) is 0. The molecule has 0 saturated heterocycles. The standard InChI is InChI=1S/C11H16/c1-2-4-6-8-10-11-9-7-5-3-1/h1-3,7H,4,6,8-11H2. The van der Waals surface area contributed by atoms with Crippen molar-refractivity contribution in [2.75, 3.05) is 0 Å². The molecular weight excluding hydrogens is 132 g/mol. The molecule has 0 spiro atoms. The Labute approximate surface area is 69.3 Å². The summed E-state index contributed by atoms with van der Waals surface area (Å²) in [6.07, 6.45) is 16.4. The van der Waals surface area contributed by atoms with E-state index in [2.05, 4.69) is 24.0 Å². The first-order chi connectivity index (χ1) is 5.50. The topological polar surface area (TPSA) is 0 Å². The fourth-order valence-corrected chi connectivity index (χ4v) is 1.23. The summed E-state index contributed by atoms with van der Waals surface area (Å²) < 4.78 is 0. The maximum atomic E-state index is 3.15. The van der Waals surface area contributed by atoms with Gasteiger partial charge < -0.3 is 0 Å². The summed E-state index contributed by atoms with van der Waals surface area (Å²) in [6, 6.07) is 0. The highest BCUT2D eigenvalue weighted by atomic mass is 13.9. The fraction of sp³-hybridized carbons (Fsp3) is 0.545. The van der Waals surface area contributed by atoms with E-state index in [4.69, 9.17) is 0 Å². The minimum Gasteiger partial charge on any atom is -0.125 e. The van der Waals surface area contributed by atoms with Gasteiger partial charge in [-0.25, -0.2) is 0 Å². The van der Waals surface area contributed by atoms with Crippen molar-refractivity contribution in [1.82, 2.24) is 0 Å². The SMILES string of the molecule is C1=CC=CCCCCCCC=1. The number of hydrogen-bond acceptors (Lipinski definition) is 0. The van der Waals surface area contributed by atoms with Crippen LogP contribution in [0.5, 0.6) is 0 Å². The Hall–Kier alpha value is -0.740. The van der Waals surface area contributed by atoms with Gasteiger partial charge >= 0.3 is 0 Å². The molecule has 0 heteroatoms. The lowest BCUT2D eigenvalue weighted by atomic mass is 10.1. The Balaban J connectivity index is 2.37. The monoisotopic (exact) mass is 148 g/mol. The quantitative estimate of drug-likeness (QED) is 0.460. The van der Waals surface area contributed by atoms with Crippen molar-refractivity contribution < 1.29 is 0 Å². The Morgan fingerprint density at radius 3 is 2.64 bits per heavy atom. The van der Waals surface area contributed by atoms with Crippen molar-refractivity contribution in [3.05, 3.63) is 30.0 Å². The lowest BCUT2D eigenvalue weighted by Gasteiger charge is -1.94. The van der Waals surface area contributed by atoms with Crippen molar-refractivity contribution in [1.29, 1.82) is 0 Å². The fourth-order valence-electron chi connectivity index (χ4n) is 1.23. The third kappa shape index (κ3) is 4.64. The van der Waals surface area contributed by atoms with Gasteiger partial charge in [-0.15, -0.1) is 5.73 Å². The number of hydrogen-bond donors (Lipinski definition) is 0. The molecule has 11 heavy (non-hydrogen) atoms. The van der Waals surface area contributed by atoms with Gasteiger partial charge in [-0.3, -0.25) is 0 Å². The van der Waals surface area contributed by atoms with Crippen LogP contribution in [0.3, 0.4) is 0 Å². The van der Waals surface area contributed by atoms with E-state index >= 15 is 0 Å². The molecule has 0 amide bonds. The molecule has 0 bridgehead atoms. The number of rotatable bonds is 0. The van der Waals surface area contributed by atoms with Crippen molar-refractivity contribution >= 4 is 0 Å². The molecule has 0 radical (unpaired) electrons. The van der Waals surface area contributed by atoms with Gasteiger partial charge in [0.1, 0.15) is 0 Å². The molecule has 0 saturated carbocycles. The lowest BCUT2D eigenvalue weighted by Crippen LogP contribution is -1.75. The predicted octanol–water partition coefficient (Wildman–Crippen LogP) is 3.61. The summed E-state index contributed by atoms with van der Waals surface area (Å²) in [4.78, 5) is 0. The molecule has 0 nitrogen and oxygen atoms in total. The molecule has 0 unspecified atom stereocenters. The Morgan fingerprint density at radius 1 is 0.909 bits per heavy atom. The van der Waals surface area contributed by atoms with Gasteiger partial charge in [0.15, 0.2) is 0 Å². The van der Waals surface area contributed by atoms with E-state index in [0.29, 0.717) is 0 Å². The first kappa shape index (κ1) is 8.36. The van der Waals surface area contributed by atoms with Gasteiger partial charge in [-0.1, -0.05) is 25.0 Å². The molecule has 0 heterocycles. The lowest BCUT2D eigenvalue weighted by molar-refractivity contribution is 0.653. The highest BCUT2D eigenvalue weighted by molar-refractivity contribution is 5.02. The van der Waals surface area contributed by atoms with E-state index in [-0.39, 0.29) is 0 Å². The second-order valence-electron chi connectivity index (χ2n) is 2.96. The van der Waals surface area contributed by atoms with Gasteiger partial charge in [-0.2, -0.15) is 0 Å². The first-order valence-corrected chi connectivity index (χ1v) is 4.56. The molecule has 1 aliphatic rings. The molecule has 60 valence electrons. The summed E-state index contributed by atoms with van der Waals surface area (Å²) in [7, 11) is 0. The molecule has 0 N–H and O–H groups in total. The first-order valence-electron chi connectivity index (χ1n) is 4.56. The molecule has 1 aliphatic carbocycles. The highest BCUT2D eigenvalue weighted by Gasteiger charge is 1.87. The Kier molecular flexibility index (Phi) is 4.56. The number of allylic oxidation sites excluding steroid dienone is 3. The zero-order valence-corrected chi connectivity index (χ0v) is 7.05. The normalized spacial score (nSPS) is 19.6. The van der Waals surface area contributed by atoms with Crippen LogP contribution in [0.4, 0.5) is 0 Å². The van der Waals surface area contributed by atoms with Gasteiger partial charge in [-0.05, 0) is 37.8 Å². The average molecular weight is 148 g/mol. The van der Waals surface area contributed by atoms with Gasteiger partial charge in [0.25, 0.3) is 0 Å². The summed E-state index contributed by atoms with van der Waals surface area (Å²) >= 11 is 0. The van der Waals surface area contributed by atoms with Crippen LogP contribution >= 0.6 is 0 Å². The maximum absolute atomic E-state index is 3.15. The molecule has 0 aromatic carbocycles. The molecule has 0 atom stereocenters. The van der Waals surface area contributed by atoms with Crippen LogP contribution in [0.15, 0.2) is 30.0 Å². The van der Waals surface area contributed by atoms with Crippen LogP contribution in [0.2, 0.25) is 0 Å². The van der Waals surface area contributed by atoms with Crippen LogP contribution in [-0.2, 0) is 0 Å².